The lowest BCUT2D eigenvalue weighted by Gasteiger charge is -2.36. The number of terminal acetylenes is 1. The molecule has 1 fully saturated rings. The quantitative estimate of drug-likeness (QED) is 0.777. The molecule has 2 aliphatic rings. The zero-order chi connectivity index (χ0) is 21.5. The van der Waals surface area contributed by atoms with Crippen LogP contribution in [0.15, 0.2) is 36.4 Å². The molecule has 0 aromatic heterocycles. The average molecular weight is 413 g/mol. The van der Waals surface area contributed by atoms with Crippen LogP contribution in [-0.4, -0.2) is 48.9 Å². The van der Waals surface area contributed by atoms with Crippen molar-refractivity contribution in [3.63, 3.8) is 0 Å². The fourth-order valence-electron chi connectivity index (χ4n) is 4.14. The summed E-state index contributed by atoms with van der Waals surface area (Å²) in [6.07, 6.45) is 4.98. The average Bonchev–Trinajstić information content (AvgIpc) is 2.99. The minimum Gasteiger partial charge on any atom is -0.322 e. The Hall–Kier alpha value is -2.82. The number of halogens is 3. The minimum absolute atomic E-state index is 0.0295. The van der Waals surface area contributed by atoms with E-state index in [1.807, 2.05) is 7.05 Å². The van der Waals surface area contributed by atoms with Gasteiger partial charge in [-0.3, -0.25) is 9.69 Å². The fourth-order valence-corrected chi connectivity index (χ4v) is 4.14. The molecule has 4 nitrogen and oxygen atoms in total. The standard InChI is InChI=1S/C23H22F3N3O/c1-3-15-12-16(4-7-20(15)24)22(30)27-17-5-6-18-19(13-17)23(25,26)14-21(18)29-10-8-28(2)9-11-29/h1,4-7,12-13,21H,8-11,14H2,2H3,(H,27,30)/t21-/m0/s1. The molecule has 4 rings (SSSR count). The molecule has 1 N–H and O–H groups in total. The molecule has 0 unspecified atom stereocenters. The van der Waals surface area contributed by atoms with Gasteiger partial charge in [-0.25, -0.2) is 13.2 Å². The molecule has 1 heterocycles. The lowest BCUT2D eigenvalue weighted by atomic mass is 10.0. The van der Waals surface area contributed by atoms with Crippen LogP contribution >= 0.6 is 0 Å². The van der Waals surface area contributed by atoms with E-state index in [0.717, 1.165) is 32.2 Å². The van der Waals surface area contributed by atoms with Crippen molar-refractivity contribution in [1.29, 1.82) is 0 Å². The first-order valence-corrected chi connectivity index (χ1v) is 9.81. The van der Waals surface area contributed by atoms with Crippen LogP contribution in [0.25, 0.3) is 0 Å². The molecule has 0 bridgehead atoms. The first kappa shape index (κ1) is 20.5. The zero-order valence-electron chi connectivity index (χ0n) is 16.6. The molecule has 1 atom stereocenters. The van der Waals surface area contributed by atoms with Gasteiger partial charge in [-0.1, -0.05) is 12.0 Å². The Morgan fingerprint density at radius 3 is 2.60 bits per heavy atom. The molecule has 2 aromatic carbocycles. The number of likely N-dealkylation sites (N-methyl/N-ethyl adjacent to an activating group) is 1. The Morgan fingerprint density at radius 2 is 1.90 bits per heavy atom. The number of nitrogens with zero attached hydrogens (tertiary/aromatic N) is 2. The topological polar surface area (TPSA) is 35.6 Å². The first-order valence-electron chi connectivity index (χ1n) is 9.81. The number of hydrogen-bond donors (Lipinski definition) is 1. The van der Waals surface area contributed by atoms with Crippen LogP contribution in [0.2, 0.25) is 0 Å². The van der Waals surface area contributed by atoms with Crippen LogP contribution in [0, 0.1) is 18.2 Å². The van der Waals surface area contributed by atoms with E-state index in [1.165, 1.54) is 18.2 Å². The van der Waals surface area contributed by atoms with Crippen LogP contribution in [-0.2, 0) is 5.92 Å². The molecule has 30 heavy (non-hydrogen) atoms. The second-order valence-electron chi connectivity index (χ2n) is 7.86. The van der Waals surface area contributed by atoms with Gasteiger partial charge >= 0.3 is 0 Å². The molecular formula is C23H22F3N3O. The summed E-state index contributed by atoms with van der Waals surface area (Å²) in [6, 6.07) is 7.99. The molecule has 0 spiro atoms. The van der Waals surface area contributed by atoms with Crippen molar-refractivity contribution in [1.82, 2.24) is 9.80 Å². The van der Waals surface area contributed by atoms with Gasteiger partial charge < -0.3 is 10.2 Å². The van der Waals surface area contributed by atoms with E-state index in [-0.39, 0.29) is 34.8 Å². The summed E-state index contributed by atoms with van der Waals surface area (Å²) in [6.45, 7) is 3.19. The summed E-state index contributed by atoms with van der Waals surface area (Å²) in [5.74, 6) is -1.92. The molecule has 1 saturated heterocycles. The lowest BCUT2D eigenvalue weighted by molar-refractivity contribution is -0.0257. The summed E-state index contributed by atoms with van der Waals surface area (Å²) >= 11 is 0. The number of anilines is 1. The highest BCUT2D eigenvalue weighted by Gasteiger charge is 2.47. The van der Waals surface area contributed by atoms with Crippen molar-refractivity contribution in [2.24, 2.45) is 0 Å². The first-order chi connectivity index (χ1) is 14.3. The number of carbonyl (C=O) groups is 1. The third-order valence-corrected chi connectivity index (χ3v) is 5.88. The van der Waals surface area contributed by atoms with Crippen molar-refractivity contribution in [3.05, 3.63) is 64.5 Å². The predicted octanol–water partition coefficient (Wildman–Crippen LogP) is 3.84. The number of fused-ring (bicyclic) bond motifs is 1. The number of carbonyl (C=O) groups excluding carboxylic acids is 1. The van der Waals surface area contributed by atoms with Crippen molar-refractivity contribution in [3.8, 4) is 12.3 Å². The Balaban J connectivity index is 1.56. The number of hydrogen-bond acceptors (Lipinski definition) is 3. The molecule has 1 aliphatic heterocycles. The van der Waals surface area contributed by atoms with E-state index in [2.05, 4.69) is 21.0 Å². The van der Waals surface area contributed by atoms with E-state index in [4.69, 9.17) is 6.42 Å². The normalized spacial score (nSPS) is 21.1. The van der Waals surface area contributed by atoms with Crippen molar-refractivity contribution < 1.29 is 18.0 Å². The summed E-state index contributed by atoms with van der Waals surface area (Å²) < 4.78 is 43.1. The van der Waals surface area contributed by atoms with E-state index < -0.39 is 17.6 Å². The minimum atomic E-state index is -2.96. The van der Waals surface area contributed by atoms with E-state index >= 15 is 0 Å². The highest BCUT2D eigenvalue weighted by Crippen LogP contribution is 2.50. The number of nitrogens with one attached hydrogen (secondary N) is 1. The highest BCUT2D eigenvalue weighted by molar-refractivity contribution is 6.04. The van der Waals surface area contributed by atoms with E-state index in [1.54, 1.807) is 12.1 Å². The Bertz CT molecular complexity index is 1020. The second-order valence-corrected chi connectivity index (χ2v) is 7.86. The van der Waals surface area contributed by atoms with Crippen molar-refractivity contribution >= 4 is 11.6 Å². The maximum absolute atomic E-state index is 14.8. The molecular weight excluding hydrogens is 391 g/mol. The number of benzene rings is 2. The Labute approximate surface area is 173 Å². The van der Waals surface area contributed by atoms with Gasteiger partial charge in [-0.15, -0.1) is 6.42 Å². The van der Waals surface area contributed by atoms with Crippen LogP contribution in [0.3, 0.4) is 0 Å². The van der Waals surface area contributed by atoms with Crippen LogP contribution < -0.4 is 5.32 Å². The maximum atomic E-state index is 14.8. The van der Waals surface area contributed by atoms with Gasteiger partial charge in [-0.2, -0.15) is 0 Å². The number of alkyl halides is 2. The molecule has 2 aromatic rings. The smallest absolute Gasteiger partial charge is 0.275 e. The van der Waals surface area contributed by atoms with Crippen LogP contribution in [0.4, 0.5) is 18.9 Å². The largest absolute Gasteiger partial charge is 0.322 e. The summed E-state index contributed by atoms with van der Waals surface area (Å²) in [5.41, 5.74) is 0.959. The lowest BCUT2D eigenvalue weighted by Crippen LogP contribution is -2.45. The van der Waals surface area contributed by atoms with Gasteiger partial charge in [-0.05, 0) is 42.9 Å². The zero-order valence-corrected chi connectivity index (χ0v) is 16.6. The number of amides is 1. The molecule has 156 valence electrons. The van der Waals surface area contributed by atoms with Crippen molar-refractivity contribution in [2.75, 3.05) is 38.5 Å². The molecule has 7 heteroatoms. The third kappa shape index (κ3) is 3.81. The highest BCUT2D eigenvalue weighted by atomic mass is 19.3. The second kappa shape index (κ2) is 7.78. The molecule has 1 amide bonds. The van der Waals surface area contributed by atoms with Gasteiger partial charge in [0.1, 0.15) is 5.82 Å². The van der Waals surface area contributed by atoms with Gasteiger partial charge in [0, 0.05) is 55.5 Å². The van der Waals surface area contributed by atoms with E-state index in [9.17, 15) is 18.0 Å². The summed E-state index contributed by atoms with van der Waals surface area (Å²) in [7, 11) is 2.02. The molecule has 1 aliphatic carbocycles. The van der Waals surface area contributed by atoms with E-state index in [0.29, 0.717) is 5.56 Å². The van der Waals surface area contributed by atoms with Gasteiger partial charge in [0.05, 0.1) is 5.56 Å². The predicted molar refractivity (Wildman–Crippen MR) is 109 cm³/mol. The maximum Gasteiger partial charge on any atom is 0.275 e. The van der Waals surface area contributed by atoms with Gasteiger partial charge in [0.15, 0.2) is 0 Å². The fraction of sp³-hybridized carbons (Fsp3) is 0.348. The SMILES string of the molecule is C#Cc1cc(C(=O)Nc2ccc3c(c2)C(F)(F)C[C@@H]3N2CCN(C)CC2)ccc1F. The Morgan fingerprint density at radius 1 is 1.17 bits per heavy atom. The van der Waals surface area contributed by atoms with Gasteiger partial charge in [0.2, 0.25) is 0 Å². The molecule has 0 saturated carbocycles. The number of rotatable bonds is 3. The van der Waals surface area contributed by atoms with Gasteiger partial charge in [0.25, 0.3) is 11.8 Å². The Kier molecular flexibility index (Phi) is 5.31. The monoisotopic (exact) mass is 413 g/mol. The third-order valence-electron chi connectivity index (χ3n) is 5.88. The van der Waals surface area contributed by atoms with Crippen LogP contribution in [0.1, 0.15) is 39.5 Å². The van der Waals surface area contributed by atoms with Crippen LogP contribution in [0.5, 0.6) is 0 Å². The summed E-state index contributed by atoms with van der Waals surface area (Å²) in [5, 5.41) is 2.61. The number of piperazine rings is 1. The van der Waals surface area contributed by atoms with Crippen molar-refractivity contribution in [2.45, 2.75) is 18.4 Å². The summed E-state index contributed by atoms with van der Waals surface area (Å²) in [4.78, 5) is 16.8. The molecule has 0 radical (unpaired) electrons.